The summed E-state index contributed by atoms with van der Waals surface area (Å²) in [6, 6.07) is 2.50. The molecule has 1 aliphatic carbocycles. The highest BCUT2D eigenvalue weighted by atomic mass is 32.2. The molecule has 0 spiro atoms. The molecule has 0 bridgehead atoms. The molecule has 0 aromatic carbocycles. The number of rotatable bonds is 10. The van der Waals surface area contributed by atoms with Crippen molar-refractivity contribution < 1.29 is 0 Å². The van der Waals surface area contributed by atoms with E-state index in [1.165, 1.54) is 30.8 Å². The van der Waals surface area contributed by atoms with E-state index >= 15 is 0 Å². The predicted molar refractivity (Wildman–Crippen MR) is 93.5 cm³/mol. The normalized spacial score (nSPS) is 15.8. The van der Waals surface area contributed by atoms with Crippen molar-refractivity contribution in [1.82, 2.24) is 9.97 Å². The van der Waals surface area contributed by atoms with Gasteiger partial charge in [0.2, 0.25) is 0 Å². The highest BCUT2D eigenvalue weighted by Gasteiger charge is 2.27. The van der Waals surface area contributed by atoms with Gasteiger partial charge in [-0.25, -0.2) is 9.97 Å². The fourth-order valence-corrected chi connectivity index (χ4v) is 2.95. The van der Waals surface area contributed by atoms with E-state index in [2.05, 4.69) is 36.4 Å². The Morgan fingerprint density at radius 1 is 1.29 bits per heavy atom. The predicted octanol–water partition coefficient (Wildman–Crippen LogP) is 4.12. The smallest absolute Gasteiger partial charge is 0.136 e. The number of anilines is 2. The molecule has 1 unspecified atom stereocenters. The average Bonchev–Trinajstić information content (AvgIpc) is 3.30. The Labute approximate surface area is 132 Å². The van der Waals surface area contributed by atoms with Crippen LogP contribution in [0.1, 0.15) is 58.2 Å². The molecule has 1 aliphatic rings. The molecule has 1 fully saturated rings. The fourth-order valence-electron chi connectivity index (χ4n) is 2.14. The lowest BCUT2D eigenvalue weighted by molar-refractivity contribution is 0.762. The molecule has 1 aromatic heterocycles. The van der Waals surface area contributed by atoms with Crippen LogP contribution in [0.5, 0.6) is 0 Å². The van der Waals surface area contributed by atoms with Crippen LogP contribution in [0.2, 0.25) is 0 Å². The zero-order valence-electron chi connectivity index (χ0n) is 13.5. The van der Waals surface area contributed by atoms with Crippen LogP contribution in [-0.2, 0) is 0 Å². The molecule has 5 heteroatoms. The monoisotopic (exact) mass is 308 g/mol. The van der Waals surface area contributed by atoms with Crippen LogP contribution >= 0.6 is 11.8 Å². The lowest BCUT2D eigenvalue weighted by Gasteiger charge is -2.16. The standard InChI is InChI=1S/C16H28N4S/c1-4-9-17-14-11-15(18-12(3)8-10-21-5-2)20-16(19-14)13-6-7-13/h11-13H,4-10H2,1-3H3,(H2,17,18,19,20). The van der Waals surface area contributed by atoms with Crippen LogP contribution in [0, 0.1) is 0 Å². The SMILES string of the molecule is CCCNc1cc(NC(C)CCSCC)nc(C2CC2)n1. The molecule has 0 radical (unpaired) electrons. The van der Waals surface area contributed by atoms with Gasteiger partial charge in [-0.3, -0.25) is 0 Å². The summed E-state index contributed by atoms with van der Waals surface area (Å²) >= 11 is 1.99. The van der Waals surface area contributed by atoms with E-state index in [-0.39, 0.29) is 0 Å². The van der Waals surface area contributed by atoms with Crippen LogP contribution in [0.3, 0.4) is 0 Å². The summed E-state index contributed by atoms with van der Waals surface area (Å²) in [5, 5.41) is 6.92. The zero-order valence-corrected chi connectivity index (χ0v) is 14.3. The van der Waals surface area contributed by atoms with Gasteiger partial charge in [0.05, 0.1) is 0 Å². The minimum atomic E-state index is 0.449. The second-order valence-electron chi connectivity index (χ2n) is 5.73. The van der Waals surface area contributed by atoms with Crippen LogP contribution < -0.4 is 10.6 Å². The van der Waals surface area contributed by atoms with Gasteiger partial charge >= 0.3 is 0 Å². The van der Waals surface area contributed by atoms with E-state index in [0.29, 0.717) is 12.0 Å². The number of hydrogen-bond acceptors (Lipinski definition) is 5. The van der Waals surface area contributed by atoms with Crippen molar-refractivity contribution in [2.24, 2.45) is 0 Å². The minimum Gasteiger partial charge on any atom is -0.370 e. The Morgan fingerprint density at radius 3 is 2.71 bits per heavy atom. The molecule has 118 valence electrons. The first-order valence-corrected chi connectivity index (χ1v) is 9.35. The second-order valence-corrected chi connectivity index (χ2v) is 7.12. The van der Waals surface area contributed by atoms with Gasteiger partial charge < -0.3 is 10.6 Å². The molecule has 1 aromatic rings. The van der Waals surface area contributed by atoms with E-state index in [1.807, 2.05) is 17.8 Å². The molecule has 2 N–H and O–H groups in total. The quantitative estimate of drug-likeness (QED) is 0.637. The van der Waals surface area contributed by atoms with Crippen LogP contribution in [0.15, 0.2) is 6.07 Å². The molecule has 21 heavy (non-hydrogen) atoms. The summed E-state index contributed by atoms with van der Waals surface area (Å²) in [6.07, 6.45) is 4.74. The van der Waals surface area contributed by atoms with Crippen molar-refractivity contribution in [2.45, 2.75) is 58.4 Å². The first-order chi connectivity index (χ1) is 10.2. The second kappa shape index (κ2) is 8.47. The third-order valence-corrected chi connectivity index (χ3v) is 4.47. The van der Waals surface area contributed by atoms with Crippen molar-refractivity contribution in [2.75, 3.05) is 28.7 Å². The summed E-state index contributed by atoms with van der Waals surface area (Å²) in [4.78, 5) is 9.35. The van der Waals surface area contributed by atoms with Gasteiger partial charge in [-0.15, -0.1) is 0 Å². The Bertz CT molecular complexity index is 434. The molecule has 4 nitrogen and oxygen atoms in total. The first kappa shape index (κ1) is 16.4. The van der Waals surface area contributed by atoms with Gasteiger partial charge in [0.1, 0.15) is 17.5 Å². The minimum absolute atomic E-state index is 0.449. The van der Waals surface area contributed by atoms with E-state index < -0.39 is 0 Å². The maximum Gasteiger partial charge on any atom is 0.136 e. The topological polar surface area (TPSA) is 49.8 Å². The third kappa shape index (κ3) is 5.73. The van der Waals surface area contributed by atoms with Gasteiger partial charge in [0.25, 0.3) is 0 Å². The van der Waals surface area contributed by atoms with Crippen molar-refractivity contribution in [3.63, 3.8) is 0 Å². The van der Waals surface area contributed by atoms with E-state index in [9.17, 15) is 0 Å². The van der Waals surface area contributed by atoms with E-state index in [1.54, 1.807) is 0 Å². The van der Waals surface area contributed by atoms with Gasteiger partial charge in [0, 0.05) is 24.6 Å². The Balaban J connectivity index is 1.97. The maximum atomic E-state index is 4.70. The maximum absolute atomic E-state index is 4.70. The largest absolute Gasteiger partial charge is 0.370 e. The van der Waals surface area contributed by atoms with Crippen LogP contribution in [0.4, 0.5) is 11.6 Å². The summed E-state index contributed by atoms with van der Waals surface area (Å²) in [5.41, 5.74) is 0. The lowest BCUT2D eigenvalue weighted by Crippen LogP contribution is -2.18. The number of aromatic nitrogens is 2. The molecule has 1 heterocycles. The van der Waals surface area contributed by atoms with E-state index in [0.717, 1.165) is 30.4 Å². The Morgan fingerprint density at radius 2 is 2.05 bits per heavy atom. The Hall–Kier alpha value is -0.970. The third-order valence-electron chi connectivity index (χ3n) is 3.54. The number of nitrogens with one attached hydrogen (secondary N) is 2. The molecular weight excluding hydrogens is 280 g/mol. The van der Waals surface area contributed by atoms with Crippen LogP contribution in [-0.4, -0.2) is 34.1 Å². The highest BCUT2D eigenvalue weighted by Crippen LogP contribution is 2.38. The first-order valence-electron chi connectivity index (χ1n) is 8.20. The average molecular weight is 308 g/mol. The highest BCUT2D eigenvalue weighted by molar-refractivity contribution is 7.99. The molecule has 2 rings (SSSR count). The molecule has 0 saturated heterocycles. The van der Waals surface area contributed by atoms with Crippen LogP contribution in [0.25, 0.3) is 0 Å². The molecule has 1 saturated carbocycles. The number of thioether (sulfide) groups is 1. The zero-order chi connectivity index (χ0) is 15.1. The molecule has 1 atom stereocenters. The van der Waals surface area contributed by atoms with Crippen molar-refractivity contribution >= 4 is 23.4 Å². The summed E-state index contributed by atoms with van der Waals surface area (Å²) in [5.74, 6) is 5.92. The Kier molecular flexibility index (Phi) is 6.61. The summed E-state index contributed by atoms with van der Waals surface area (Å²) in [6.45, 7) is 7.57. The van der Waals surface area contributed by atoms with Gasteiger partial charge in [-0.05, 0) is 44.1 Å². The summed E-state index contributed by atoms with van der Waals surface area (Å²) < 4.78 is 0. The molecular formula is C16H28N4S. The van der Waals surface area contributed by atoms with Crippen molar-refractivity contribution in [1.29, 1.82) is 0 Å². The van der Waals surface area contributed by atoms with Gasteiger partial charge in [-0.1, -0.05) is 13.8 Å². The van der Waals surface area contributed by atoms with Crippen molar-refractivity contribution in [3.05, 3.63) is 11.9 Å². The lowest BCUT2D eigenvalue weighted by atomic mass is 10.2. The van der Waals surface area contributed by atoms with Gasteiger partial charge in [-0.2, -0.15) is 11.8 Å². The van der Waals surface area contributed by atoms with Crippen molar-refractivity contribution in [3.8, 4) is 0 Å². The molecule has 0 aliphatic heterocycles. The van der Waals surface area contributed by atoms with E-state index in [4.69, 9.17) is 4.98 Å². The number of nitrogens with zero attached hydrogens (tertiary/aromatic N) is 2. The summed E-state index contributed by atoms with van der Waals surface area (Å²) in [7, 11) is 0. The number of hydrogen-bond donors (Lipinski definition) is 2. The van der Waals surface area contributed by atoms with Gasteiger partial charge in [0.15, 0.2) is 0 Å². The fraction of sp³-hybridized carbons (Fsp3) is 0.750. The molecule has 0 amide bonds.